The molecule has 1 heterocycles. The molecule has 2 aliphatic rings. The van der Waals surface area contributed by atoms with Gasteiger partial charge in [-0.3, -0.25) is 4.79 Å². The fraction of sp³-hybridized carbons (Fsp3) is 0.867. The molecule has 0 aromatic heterocycles. The third-order valence-corrected chi connectivity index (χ3v) is 4.89. The molecule has 1 aliphatic heterocycles. The summed E-state index contributed by atoms with van der Waals surface area (Å²) in [4.78, 5) is 14.8. The van der Waals surface area contributed by atoms with Crippen LogP contribution < -0.4 is 5.73 Å². The molecule has 3 N–H and O–H groups in total. The molecule has 1 amide bonds. The maximum absolute atomic E-state index is 12.8. The number of carbonyl (C=O) groups excluding carboxylic acids is 1. The first-order valence-electron chi connectivity index (χ1n) is 7.84. The van der Waals surface area contributed by atoms with Crippen molar-refractivity contribution in [3.05, 3.63) is 0 Å². The lowest BCUT2D eigenvalue weighted by atomic mass is 9.91. The Morgan fingerprint density at radius 3 is 2.45 bits per heavy atom. The van der Waals surface area contributed by atoms with Crippen molar-refractivity contribution in [2.24, 2.45) is 28.6 Å². The highest BCUT2D eigenvalue weighted by atomic mass is 16.4. The number of nitrogens with two attached hydrogens (primary N) is 1. The van der Waals surface area contributed by atoms with E-state index >= 15 is 0 Å². The lowest BCUT2D eigenvalue weighted by molar-refractivity contribution is -0.136. The smallest absolute Gasteiger partial charge is 0.233 e. The van der Waals surface area contributed by atoms with E-state index in [-0.39, 0.29) is 17.7 Å². The number of amides is 1. The molecule has 0 aromatic rings. The molecule has 0 spiro atoms. The van der Waals surface area contributed by atoms with Crippen LogP contribution in [-0.4, -0.2) is 34.4 Å². The molecule has 5 heteroatoms. The highest BCUT2D eigenvalue weighted by Crippen LogP contribution is 2.36. The Balaban J connectivity index is 2.13. The highest BCUT2D eigenvalue weighted by molar-refractivity contribution is 6.02. The minimum Gasteiger partial charge on any atom is -0.409 e. The quantitative estimate of drug-likeness (QED) is 0.359. The van der Waals surface area contributed by atoms with Crippen LogP contribution in [0.4, 0.5) is 0 Å². The molecule has 2 atom stereocenters. The molecule has 20 heavy (non-hydrogen) atoms. The van der Waals surface area contributed by atoms with Crippen LogP contribution in [0.15, 0.2) is 5.16 Å². The number of nitrogens with zero attached hydrogens (tertiary/aromatic N) is 2. The normalized spacial score (nSPS) is 26.4. The predicted octanol–water partition coefficient (Wildman–Crippen LogP) is 2.19. The summed E-state index contributed by atoms with van der Waals surface area (Å²) in [5.41, 5.74) is 5.74. The van der Waals surface area contributed by atoms with Gasteiger partial charge in [-0.25, -0.2) is 0 Å². The van der Waals surface area contributed by atoms with Crippen molar-refractivity contribution >= 4 is 11.7 Å². The van der Waals surface area contributed by atoms with Crippen LogP contribution in [0.1, 0.15) is 52.4 Å². The predicted molar refractivity (Wildman–Crippen MR) is 78.4 cm³/mol. The van der Waals surface area contributed by atoms with Crippen LogP contribution in [0.3, 0.4) is 0 Å². The van der Waals surface area contributed by atoms with Crippen LogP contribution >= 0.6 is 0 Å². The minimum absolute atomic E-state index is 0.0436. The number of oxime groups is 1. The van der Waals surface area contributed by atoms with Gasteiger partial charge in [-0.1, -0.05) is 31.8 Å². The van der Waals surface area contributed by atoms with Gasteiger partial charge in [-0.15, -0.1) is 0 Å². The molecule has 2 rings (SSSR count). The third kappa shape index (κ3) is 2.91. The number of likely N-dealkylation sites (tertiary alicyclic amines) is 1. The van der Waals surface area contributed by atoms with E-state index in [2.05, 4.69) is 5.16 Å². The molecule has 114 valence electrons. The van der Waals surface area contributed by atoms with Crippen molar-refractivity contribution < 1.29 is 10.0 Å². The number of rotatable bonds is 4. The molecule has 1 aliphatic carbocycles. The van der Waals surface area contributed by atoms with E-state index < -0.39 is 5.92 Å². The first-order valence-corrected chi connectivity index (χ1v) is 7.84. The second kappa shape index (κ2) is 6.46. The monoisotopic (exact) mass is 281 g/mol. The summed E-state index contributed by atoms with van der Waals surface area (Å²) in [5.74, 6) is 0.290. The summed E-state index contributed by atoms with van der Waals surface area (Å²) in [7, 11) is 0. The fourth-order valence-electron chi connectivity index (χ4n) is 3.89. The van der Waals surface area contributed by atoms with Crippen LogP contribution in [-0.2, 0) is 4.79 Å². The first kappa shape index (κ1) is 15.1. The van der Waals surface area contributed by atoms with Crippen molar-refractivity contribution in [3.8, 4) is 0 Å². The van der Waals surface area contributed by atoms with Gasteiger partial charge >= 0.3 is 0 Å². The fourth-order valence-corrected chi connectivity index (χ4v) is 3.89. The SMILES string of the molecule is CC(C)C(C(=O)N1CCCC1C1CCCC1)C(N)=NO. The number of amidine groups is 1. The molecule has 0 bridgehead atoms. The van der Waals surface area contributed by atoms with Crippen molar-refractivity contribution in [2.75, 3.05) is 6.54 Å². The van der Waals surface area contributed by atoms with E-state index in [0.29, 0.717) is 12.0 Å². The lowest BCUT2D eigenvalue weighted by Crippen LogP contribution is -2.48. The van der Waals surface area contributed by atoms with Crippen LogP contribution in [0, 0.1) is 17.8 Å². The Morgan fingerprint density at radius 2 is 1.90 bits per heavy atom. The van der Waals surface area contributed by atoms with E-state index in [1.54, 1.807) is 0 Å². The Hall–Kier alpha value is -1.26. The Morgan fingerprint density at radius 1 is 1.25 bits per heavy atom. The number of hydrogen-bond acceptors (Lipinski definition) is 3. The van der Waals surface area contributed by atoms with Gasteiger partial charge < -0.3 is 15.8 Å². The maximum atomic E-state index is 12.8. The summed E-state index contributed by atoms with van der Waals surface area (Å²) < 4.78 is 0. The second-order valence-corrected chi connectivity index (χ2v) is 6.53. The van der Waals surface area contributed by atoms with Crippen molar-refractivity contribution in [2.45, 2.75) is 58.4 Å². The third-order valence-electron chi connectivity index (χ3n) is 4.89. The Labute approximate surface area is 121 Å². The van der Waals surface area contributed by atoms with Gasteiger partial charge in [-0.2, -0.15) is 0 Å². The van der Waals surface area contributed by atoms with E-state index in [1.165, 1.54) is 25.7 Å². The Bertz CT molecular complexity index is 375. The summed E-state index contributed by atoms with van der Waals surface area (Å²) in [6.07, 6.45) is 7.24. The number of hydrogen-bond donors (Lipinski definition) is 2. The molecule has 0 aromatic carbocycles. The molecule has 5 nitrogen and oxygen atoms in total. The van der Waals surface area contributed by atoms with E-state index in [1.807, 2.05) is 18.7 Å². The summed E-state index contributed by atoms with van der Waals surface area (Å²) >= 11 is 0. The molecule has 0 radical (unpaired) electrons. The summed E-state index contributed by atoms with van der Waals surface area (Å²) in [6.45, 7) is 4.71. The molecule has 1 saturated carbocycles. The van der Waals surface area contributed by atoms with Crippen molar-refractivity contribution in [1.82, 2.24) is 4.90 Å². The zero-order valence-corrected chi connectivity index (χ0v) is 12.6. The first-order chi connectivity index (χ1) is 9.56. The van der Waals surface area contributed by atoms with Crippen LogP contribution in [0.2, 0.25) is 0 Å². The second-order valence-electron chi connectivity index (χ2n) is 6.53. The van der Waals surface area contributed by atoms with Gasteiger partial charge in [0.05, 0.1) is 0 Å². The van der Waals surface area contributed by atoms with Crippen LogP contribution in [0.25, 0.3) is 0 Å². The van der Waals surface area contributed by atoms with Gasteiger partial charge in [-0.05, 0) is 37.5 Å². The minimum atomic E-state index is -0.498. The maximum Gasteiger partial charge on any atom is 0.233 e. The average Bonchev–Trinajstić information content (AvgIpc) is 3.08. The Kier molecular flexibility index (Phi) is 4.89. The molecular formula is C15H27N3O2. The van der Waals surface area contributed by atoms with Gasteiger partial charge in [0.2, 0.25) is 5.91 Å². The zero-order chi connectivity index (χ0) is 14.7. The summed E-state index contributed by atoms with van der Waals surface area (Å²) in [6, 6.07) is 0.373. The zero-order valence-electron chi connectivity index (χ0n) is 12.6. The van der Waals surface area contributed by atoms with E-state index in [9.17, 15) is 4.79 Å². The molecule has 2 fully saturated rings. The summed E-state index contributed by atoms with van der Waals surface area (Å²) in [5, 5.41) is 12.0. The van der Waals surface area contributed by atoms with E-state index in [0.717, 1.165) is 19.4 Å². The van der Waals surface area contributed by atoms with Gasteiger partial charge in [0, 0.05) is 12.6 Å². The lowest BCUT2D eigenvalue weighted by Gasteiger charge is -2.33. The standard InChI is InChI=1S/C15H27N3O2/c1-10(2)13(14(16)17-20)15(19)18-9-5-8-12(18)11-6-3-4-7-11/h10-13,20H,3-9H2,1-2H3,(H2,16,17). The van der Waals surface area contributed by atoms with Gasteiger partial charge in [0.1, 0.15) is 5.92 Å². The largest absolute Gasteiger partial charge is 0.409 e. The van der Waals surface area contributed by atoms with Crippen molar-refractivity contribution in [3.63, 3.8) is 0 Å². The average molecular weight is 281 g/mol. The number of carbonyl (C=O) groups is 1. The van der Waals surface area contributed by atoms with E-state index in [4.69, 9.17) is 10.9 Å². The van der Waals surface area contributed by atoms with Gasteiger partial charge in [0.25, 0.3) is 0 Å². The molecular weight excluding hydrogens is 254 g/mol. The highest BCUT2D eigenvalue weighted by Gasteiger charge is 2.40. The topological polar surface area (TPSA) is 78.9 Å². The van der Waals surface area contributed by atoms with Crippen molar-refractivity contribution in [1.29, 1.82) is 0 Å². The van der Waals surface area contributed by atoms with Gasteiger partial charge in [0.15, 0.2) is 5.84 Å². The molecule has 2 unspecified atom stereocenters. The molecule has 1 saturated heterocycles. The van der Waals surface area contributed by atoms with Crippen LogP contribution in [0.5, 0.6) is 0 Å².